The summed E-state index contributed by atoms with van der Waals surface area (Å²) in [6, 6.07) is 6.08. The van der Waals surface area contributed by atoms with Crippen LogP contribution in [0, 0.1) is 0 Å². The Morgan fingerprint density at radius 2 is 1.95 bits per heavy atom. The molecule has 0 bridgehead atoms. The second-order valence-corrected chi connectivity index (χ2v) is 5.39. The van der Waals surface area contributed by atoms with E-state index in [1.165, 1.54) is 5.56 Å². The normalized spacial score (nSPS) is 19.2. The van der Waals surface area contributed by atoms with E-state index in [2.05, 4.69) is 11.0 Å². The molecule has 1 aromatic rings. The van der Waals surface area contributed by atoms with Crippen LogP contribution in [0.4, 0.5) is 4.79 Å². The molecule has 2 aliphatic rings. The van der Waals surface area contributed by atoms with E-state index in [0.717, 1.165) is 44.0 Å². The average Bonchev–Trinajstić information content (AvgIpc) is 2.49. The molecule has 0 aromatic heterocycles. The molecule has 0 unspecified atom stereocenters. The Labute approximate surface area is 123 Å². The van der Waals surface area contributed by atoms with Crippen LogP contribution in [-0.4, -0.2) is 43.4 Å². The van der Waals surface area contributed by atoms with Crippen LogP contribution in [0.15, 0.2) is 18.2 Å². The summed E-state index contributed by atoms with van der Waals surface area (Å²) in [4.78, 5) is 13.1. The Morgan fingerprint density at radius 1 is 1.24 bits per heavy atom. The summed E-state index contributed by atoms with van der Waals surface area (Å²) in [5.74, 6) is 1.64. The summed E-state index contributed by atoms with van der Waals surface area (Å²) < 4.78 is 16.2. The third-order valence-electron chi connectivity index (χ3n) is 3.83. The lowest BCUT2D eigenvalue weighted by molar-refractivity contribution is 0.0540. The molecule has 2 aliphatic heterocycles. The quantitative estimate of drug-likeness (QED) is 0.914. The largest absolute Gasteiger partial charge is 0.486 e. The average molecular weight is 292 g/mol. The van der Waals surface area contributed by atoms with Crippen molar-refractivity contribution in [3.8, 4) is 11.5 Å². The summed E-state index contributed by atoms with van der Waals surface area (Å²) in [5, 5.41) is 0. The highest BCUT2D eigenvalue weighted by Crippen LogP contribution is 2.31. The summed E-state index contributed by atoms with van der Waals surface area (Å²) in [6.45, 7) is 3.87. The van der Waals surface area contributed by atoms with Crippen molar-refractivity contribution >= 4 is 6.09 Å². The molecule has 0 spiro atoms. The number of nitrogens with zero attached hydrogens (tertiary/aromatic N) is 1. The van der Waals surface area contributed by atoms with Crippen molar-refractivity contribution in [1.82, 2.24) is 4.90 Å². The molecule has 3 rings (SSSR count). The number of rotatable bonds is 3. The van der Waals surface area contributed by atoms with Crippen molar-refractivity contribution in [1.29, 1.82) is 0 Å². The molecule has 0 radical (unpaired) electrons. The summed E-state index contributed by atoms with van der Waals surface area (Å²) in [7, 11) is 0. The number of hydrogen-bond donors (Lipinski definition) is 1. The number of carbonyl (C=O) groups is 1. The van der Waals surface area contributed by atoms with Crippen LogP contribution >= 0.6 is 0 Å². The predicted octanol–water partition coefficient (Wildman–Crippen LogP) is 1.52. The van der Waals surface area contributed by atoms with Gasteiger partial charge in [-0.15, -0.1) is 0 Å². The van der Waals surface area contributed by atoms with E-state index in [0.29, 0.717) is 13.2 Å². The van der Waals surface area contributed by atoms with Crippen LogP contribution in [0.3, 0.4) is 0 Å². The molecule has 0 saturated carbocycles. The molecule has 0 aliphatic carbocycles. The fraction of sp³-hybridized carbons (Fsp3) is 0.533. The van der Waals surface area contributed by atoms with Gasteiger partial charge < -0.3 is 19.9 Å². The van der Waals surface area contributed by atoms with Gasteiger partial charge in [0.2, 0.25) is 0 Å². The van der Waals surface area contributed by atoms with Crippen LogP contribution < -0.4 is 15.2 Å². The SMILES string of the molecule is NC(=O)OC1CCN(Cc2ccc3c(c2)OCCO3)CC1. The molecule has 1 fully saturated rings. The van der Waals surface area contributed by atoms with E-state index in [1.807, 2.05) is 12.1 Å². The van der Waals surface area contributed by atoms with Crippen molar-refractivity contribution in [3.63, 3.8) is 0 Å². The third-order valence-corrected chi connectivity index (χ3v) is 3.83. The molecule has 1 amide bonds. The lowest BCUT2D eigenvalue weighted by atomic mass is 10.1. The predicted molar refractivity (Wildman–Crippen MR) is 76.4 cm³/mol. The highest BCUT2D eigenvalue weighted by molar-refractivity contribution is 5.64. The van der Waals surface area contributed by atoms with Gasteiger partial charge in [-0.25, -0.2) is 4.79 Å². The van der Waals surface area contributed by atoms with Crippen LogP contribution in [-0.2, 0) is 11.3 Å². The summed E-state index contributed by atoms with van der Waals surface area (Å²) in [6.07, 6.45) is 0.931. The third kappa shape index (κ3) is 3.58. The number of primary amides is 1. The number of amides is 1. The van der Waals surface area contributed by atoms with E-state index in [4.69, 9.17) is 19.9 Å². The topological polar surface area (TPSA) is 74.0 Å². The Balaban J connectivity index is 1.54. The van der Waals surface area contributed by atoms with E-state index in [-0.39, 0.29) is 6.10 Å². The van der Waals surface area contributed by atoms with Crippen molar-refractivity contribution < 1.29 is 19.0 Å². The van der Waals surface area contributed by atoms with E-state index < -0.39 is 6.09 Å². The number of benzene rings is 1. The number of hydrogen-bond acceptors (Lipinski definition) is 5. The number of carbonyl (C=O) groups excluding carboxylic acids is 1. The minimum atomic E-state index is -0.680. The van der Waals surface area contributed by atoms with E-state index in [1.54, 1.807) is 0 Å². The number of likely N-dealkylation sites (tertiary alicyclic amines) is 1. The van der Waals surface area contributed by atoms with Crippen LogP contribution in [0.2, 0.25) is 0 Å². The molecule has 2 N–H and O–H groups in total. The van der Waals surface area contributed by atoms with Crippen LogP contribution in [0.25, 0.3) is 0 Å². The van der Waals surface area contributed by atoms with Gasteiger partial charge in [-0.05, 0) is 30.5 Å². The molecule has 6 heteroatoms. The first-order valence-electron chi connectivity index (χ1n) is 7.27. The van der Waals surface area contributed by atoms with Gasteiger partial charge in [0.05, 0.1) is 0 Å². The highest BCUT2D eigenvalue weighted by atomic mass is 16.6. The Kier molecular flexibility index (Phi) is 4.15. The van der Waals surface area contributed by atoms with Crippen molar-refractivity contribution in [2.75, 3.05) is 26.3 Å². The molecule has 1 saturated heterocycles. The highest BCUT2D eigenvalue weighted by Gasteiger charge is 2.22. The Hall–Kier alpha value is -1.95. The molecule has 2 heterocycles. The molecular formula is C15H20N2O4. The zero-order valence-electron chi connectivity index (χ0n) is 11.9. The molecule has 0 atom stereocenters. The summed E-state index contributed by atoms with van der Waals surface area (Å²) in [5.41, 5.74) is 6.25. The van der Waals surface area contributed by atoms with Crippen LogP contribution in [0.5, 0.6) is 11.5 Å². The second-order valence-electron chi connectivity index (χ2n) is 5.39. The maximum Gasteiger partial charge on any atom is 0.404 e. The fourth-order valence-electron chi connectivity index (χ4n) is 2.79. The Morgan fingerprint density at radius 3 is 2.67 bits per heavy atom. The van der Waals surface area contributed by atoms with Gasteiger partial charge in [0.25, 0.3) is 0 Å². The first-order chi connectivity index (χ1) is 10.2. The van der Waals surface area contributed by atoms with E-state index in [9.17, 15) is 4.79 Å². The van der Waals surface area contributed by atoms with Gasteiger partial charge in [0.1, 0.15) is 19.3 Å². The minimum Gasteiger partial charge on any atom is -0.486 e. The monoisotopic (exact) mass is 292 g/mol. The zero-order chi connectivity index (χ0) is 14.7. The zero-order valence-corrected chi connectivity index (χ0v) is 11.9. The van der Waals surface area contributed by atoms with Gasteiger partial charge >= 0.3 is 6.09 Å². The molecule has 21 heavy (non-hydrogen) atoms. The lowest BCUT2D eigenvalue weighted by Crippen LogP contribution is -2.38. The van der Waals surface area contributed by atoms with Gasteiger partial charge in [0, 0.05) is 19.6 Å². The van der Waals surface area contributed by atoms with Gasteiger partial charge in [-0.1, -0.05) is 6.07 Å². The van der Waals surface area contributed by atoms with E-state index >= 15 is 0 Å². The van der Waals surface area contributed by atoms with Crippen molar-refractivity contribution in [3.05, 3.63) is 23.8 Å². The van der Waals surface area contributed by atoms with Gasteiger partial charge in [0.15, 0.2) is 11.5 Å². The molecule has 114 valence electrons. The smallest absolute Gasteiger partial charge is 0.404 e. The fourth-order valence-corrected chi connectivity index (χ4v) is 2.79. The van der Waals surface area contributed by atoms with Crippen LogP contribution in [0.1, 0.15) is 18.4 Å². The number of fused-ring (bicyclic) bond motifs is 1. The first-order valence-corrected chi connectivity index (χ1v) is 7.27. The first kappa shape index (κ1) is 14.0. The molecule has 1 aromatic carbocycles. The summed E-state index contributed by atoms with van der Waals surface area (Å²) >= 11 is 0. The number of ether oxygens (including phenoxy) is 3. The molecular weight excluding hydrogens is 272 g/mol. The van der Waals surface area contributed by atoms with Crippen molar-refractivity contribution in [2.45, 2.75) is 25.5 Å². The lowest BCUT2D eigenvalue weighted by Gasteiger charge is -2.31. The standard InChI is InChI=1S/C15H20N2O4/c16-15(18)21-12-3-5-17(6-4-12)10-11-1-2-13-14(9-11)20-8-7-19-13/h1-2,9,12H,3-8,10H2,(H2,16,18). The molecule has 6 nitrogen and oxygen atoms in total. The van der Waals surface area contributed by atoms with Gasteiger partial charge in [-0.2, -0.15) is 0 Å². The van der Waals surface area contributed by atoms with Gasteiger partial charge in [-0.3, -0.25) is 4.90 Å². The maximum atomic E-state index is 10.7. The van der Waals surface area contributed by atoms with Crippen molar-refractivity contribution in [2.24, 2.45) is 5.73 Å². The maximum absolute atomic E-state index is 10.7. The number of piperidine rings is 1. The number of nitrogens with two attached hydrogens (primary N) is 1. The Bertz CT molecular complexity index is 512. The minimum absolute atomic E-state index is 0.0426. The second kappa shape index (κ2) is 6.22.